The molecule has 0 N–H and O–H groups in total. The SMILES string of the molecule is Cc1c(C(=O)OCC(=O)N2CCCCCC2)cnn1C1CCCC1. The summed E-state index contributed by atoms with van der Waals surface area (Å²) in [6.45, 7) is 3.27. The van der Waals surface area contributed by atoms with E-state index in [0.717, 1.165) is 44.5 Å². The van der Waals surface area contributed by atoms with Gasteiger partial charge in [0.15, 0.2) is 6.61 Å². The molecule has 0 atom stereocenters. The topological polar surface area (TPSA) is 64.4 Å². The third-order valence-electron chi connectivity index (χ3n) is 5.22. The lowest BCUT2D eigenvalue weighted by Gasteiger charge is -2.19. The van der Waals surface area contributed by atoms with E-state index in [0.29, 0.717) is 11.6 Å². The van der Waals surface area contributed by atoms with Crippen molar-refractivity contribution in [1.82, 2.24) is 14.7 Å². The normalized spacial score (nSPS) is 19.3. The maximum atomic E-state index is 12.3. The van der Waals surface area contributed by atoms with E-state index in [1.54, 1.807) is 6.20 Å². The van der Waals surface area contributed by atoms with Crippen LogP contribution in [0.5, 0.6) is 0 Å². The fourth-order valence-corrected chi connectivity index (χ4v) is 3.76. The van der Waals surface area contributed by atoms with Crippen LogP contribution in [0.3, 0.4) is 0 Å². The number of hydrogen-bond donors (Lipinski definition) is 0. The predicted molar refractivity (Wildman–Crippen MR) is 89.8 cm³/mol. The number of hydrogen-bond acceptors (Lipinski definition) is 4. The lowest BCUT2D eigenvalue weighted by Crippen LogP contribution is -2.35. The summed E-state index contributed by atoms with van der Waals surface area (Å²) in [5.41, 5.74) is 1.32. The minimum Gasteiger partial charge on any atom is -0.452 e. The van der Waals surface area contributed by atoms with Gasteiger partial charge in [0.05, 0.1) is 17.9 Å². The molecule has 1 aromatic rings. The fraction of sp³-hybridized carbons (Fsp3) is 0.722. The smallest absolute Gasteiger partial charge is 0.342 e. The number of nitrogens with zero attached hydrogens (tertiary/aromatic N) is 3. The second-order valence-corrected chi connectivity index (χ2v) is 6.90. The summed E-state index contributed by atoms with van der Waals surface area (Å²) < 4.78 is 7.20. The summed E-state index contributed by atoms with van der Waals surface area (Å²) in [6, 6.07) is 0.394. The molecular formula is C18H27N3O3. The van der Waals surface area contributed by atoms with Gasteiger partial charge in [0.25, 0.3) is 5.91 Å². The molecule has 132 valence electrons. The number of carbonyl (C=O) groups excluding carboxylic acids is 2. The molecule has 0 bridgehead atoms. The van der Waals surface area contributed by atoms with Crippen molar-refractivity contribution in [2.75, 3.05) is 19.7 Å². The molecule has 0 aromatic carbocycles. The monoisotopic (exact) mass is 333 g/mol. The van der Waals surface area contributed by atoms with E-state index in [1.165, 1.54) is 25.7 Å². The van der Waals surface area contributed by atoms with Crippen molar-refractivity contribution in [3.8, 4) is 0 Å². The van der Waals surface area contributed by atoms with Crippen LogP contribution >= 0.6 is 0 Å². The molecule has 24 heavy (non-hydrogen) atoms. The Hall–Kier alpha value is -1.85. The molecule has 2 fully saturated rings. The van der Waals surface area contributed by atoms with Crippen LogP contribution in [0.25, 0.3) is 0 Å². The molecule has 3 rings (SSSR count). The van der Waals surface area contributed by atoms with E-state index < -0.39 is 5.97 Å². The first-order chi connectivity index (χ1) is 11.7. The van der Waals surface area contributed by atoms with Crippen molar-refractivity contribution in [3.05, 3.63) is 17.5 Å². The number of amides is 1. The minimum atomic E-state index is -0.445. The Morgan fingerprint density at radius 3 is 2.46 bits per heavy atom. The first-order valence-corrected chi connectivity index (χ1v) is 9.16. The van der Waals surface area contributed by atoms with Gasteiger partial charge in [-0.2, -0.15) is 5.10 Å². The van der Waals surface area contributed by atoms with Gasteiger partial charge in [-0.3, -0.25) is 9.48 Å². The molecular weight excluding hydrogens is 306 g/mol. The van der Waals surface area contributed by atoms with Gasteiger partial charge < -0.3 is 9.64 Å². The summed E-state index contributed by atoms with van der Waals surface area (Å²) in [5.74, 6) is -0.536. The van der Waals surface area contributed by atoms with Crippen LogP contribution in [0.15, 0.2) is 6.20 Å². The highest BCUT2D eigenvalue weighted by Crippen LogP contribution is 2.30. The summed E-state index contributed by atoms with van der Waals surface area (Å²) in [7, 11) is 0. The zero-order valence-corrected chi connectivity index (χ0v) is 14.5. The minimum absolute atomic E-state index is 0.0916. The van der Waals surface area contributed by atoms with E-state index in [4.69, 9.17) is 4.74 Å². The molecule has 0 spiro atoms. The van der Waals surface area contributed by atoms with Crippen LogP contribution < -0.4 is 0 Å². The number of aromatic nitrogens is 2. The maximum absolute atomic E-state index is 12.3. The molecule has 6 nitrogen and oxygen atoms in total. The van der Waals surface area contributed by atoms with Crippen molar-refractivity contribution in [1.29, 1.82) is 0 Å². The van der Waals surface area contributed by atoms with Crippen LogP contribution in [0.4, 0.5) is 0 Å². The number of ether oxygens (including phenoxy) is 1. The molecule has 1 saturated heterocycles. The highest BCUT2D eigenvalue weighted by Gasteiger charge is 2.24. The van der Waals surface area contributed by atoms with E-state index >= 15 is 0 Å². The molecule has 2 heterocycles. The number of rotatable bonds is 4. The van der Waals surface area contributed by atoms with Gasteiger partial charge in [0, 0.05) is 13.1 Å². The number of carbonyl (C=O) groups is 2. The number of esters is 1. The zero-order chi connectivity index (χ0) is 16.9. The third kappa shape index (κ3) is 3.79. The molecule has 6 heteroatoms. The Morgan fingerprint density at radius 1 is 1.12 bits per heavy atom. The molecule has 2 aliphatic rings. The average Bonchev–Trinajstić information content (AvgIpc) is 3.14. The number of likely N-dealkylation sites (tertiary alicyclic amines) is 1. The highest BCUT2D eigenvalue weighted by atomic mass is 16.5. The van der Waals surface area contributed by atoms with Crippen LogP contribution in [-0.4, -0.2) is 46.3 Å². The van der Waals surface area contributed by atoms with Crippen molar-refractivity contribution >= 4 is 11.9 Å². The quantitative estimate of drug-likeness (QED) is 0.795. The molecule has 0 radical (unpaired) electrons. The Kier molecular flexibility index (Phi) is 5.53. The largest absolute Gasteiger partial charge is 0.452 e. The predicted octanol–water partition coefficient (Wildman–Crippen LogP) is 2.87. The fourth-order valence-electron chi connectivity index (χ4n) is 3.76. The summed E-state index contributed by atoms with van der Waals surface area (Å²) in [5, 5.41) is 4.37. The van der Waals surface area contributed by atoms with Crippen LogP contribution in [0.2, 0.25) is 0 Å². The second kappa shape index (κ2) is 7.81. The van der Waals surface area contributed by atoms with Gasteiger partial charge in [0.1, 0.15) is 5.56 Å². The summed E-state index contributed by atoms with van der Waals surface area (Å²) in [6.07, 6.45) is 10.6. The van der Waals surface area contributed by atoms with Gasteiger partial charge in [-0.25, -0.2) is 4.79 Å². The van der Waals surface area contributed by atoms with Gasteiger partial charge in [-0.05, 0) is 32.6 Å². The maximum Gasteiger partial charge on any atom is 0.342 e. The molecule has 1 aromatic heterocycles. The first kappa shape index (κ1) is 17.0. The van der Waals surface area contributed by atoms with Gasteiger partial charge in [-0.1, -0.05) is 25.7 Å². The summed E-state index contributed by atoms with van der Waals surface area (Å²) >= 11 is 0. The van der Waals surface area contributed by atoms with Crippen molar-refractivity contribution < 1.29 is 14.3 Å². The summed E-state index contributed by atoms with van der Waals surface area (Å²) in [4.78, 5) is 26.3. The Morgan fingerprint density at radius 2 is 1.79 bits per heavy atom. The van der Waals surface area contributed by atoms with E-state index in [2.05, 4.69) is 5.10 Å². The van der Waals surface area contributed by atoms with Gasteiger partial charge >= 0.3 is 5.97 Å². The highest BCUT2D eigenvalue weighted by molar-refractivity contribution is 5.92. The lowest BCUT2D eigenvalue weighted by molar-refractivity contribution is -0.134. The average molecular weight is 333 g/mol. The molecule has 0 unspecified atom stereocenters. The van der Waals surface area contributed by atoms with Crippen molar-refractivity contribution in [2.24, 2.45) is 0 Å². The van der Waals surface area contributed by atoms with Crippen molar-refractivity contribution in [2.45, 2.75) is 64.3 Å². The second-order valence-electron chi connectivity index (χ2n) is 6.90. The lowest BCUT2D eigenvalue weighted by atomic mass is 10.2. The van der Waals surface area contributed by atoms with Crippen molar-refractivity contribution in [3.63, 3.8) is 0 Å². The standard InChI is InChI=1S/C18H27N3O3/c1-14-16(12-19-21(14)15-8-4-5-9-15)18(23)24-13-17(22)20-10-6-2-3-7-11-20/h12,15H,2-11,13H2,1H3. The molecule has 1 saturated carbocycles. The van der Waals surface area contributed by atoms with E-state index in [9.17, 15) is 9.59 Å². The van der Waals surface area contributed by atoms with Crippen LogP contribution in [0, 0.1) is 6.92 Å². The van der Waals surface area contributed by atoms with Crippen LogP contribution in [0.1, 0.15) is 73.5 Å². The molecule has 1 amide bonds. The van der Waals surface area contributed by atoms with Gasteiger partial charge in [-0.15, -0.1) is 0 Å². The Balaban J connectivity index is 1.56. The zero-order valence-electron chi connectivity index (χ0n) is 14.5. The first-order valence-electron chi connectivity index (χ1n) is 9.16. The molecule has 1 aliphatic heterocycles. The Bertz CT molecular complexity index is 582. The Labute approximate surface area is 143 Å². The van der Waals surface area contributed by atoms with E-state index in [1.807, 2.05) is 16.5 Å². The van der Waals surface area contributed by atoms with Gasteiger partial charge in [0.2, 0.25) is 0 Å². The van der Waals surface area contributed by atoms with Crippen LogP contribution in [-0.2, 0) is 9.53 Å². The molecule has 1 aliphatic carbocycles. The third-order valence-corrected chi connectivity index (χ3v) is 5.22. The van der Waals surface area contributed by atoms with E-state index in [-0.39, 0.29) is 12.5 Å².